The van der Waals surface area contributed by atoms with Crippen LogP contribution in [-0.2, 0) is 0 Å². The van der Waals surface area contributed by atoms with E-state index in [9.17, 15) is 14.7 Å². The van der Waals surface area contributed by atoms with Gasteiger partial charge in [0, 0.05) is 11.1 Å². The smallest absolute Gasteiger partial charge is 0.449 e. The number of ether oxygens (including phenoxy) is 2. The highest BCUT2D eigenvalue weighted by molar-refractivity contribution is 5.98. The van der Waals surface area contributed by atoms with Gasteiger partial charge in [-0.3, -0.25) is 0 Å². The zero-order chi connectivity index (χ0) is 26.5. The van der Waals surface area contributed by atoms with Crippen LogP contribution in [0.2, 0.25) is 0 Å². The summed E-state index contributed by atoms with van der Waals surface area (Å²) in [5, 5.41) is 18.2. The van der Waals surface area contributed by atoms with E-state index < -0.39 is 12.3 Å². The third kappa shape index (κ3) is 5.24. The maximum atomic E-state index is 11.5. The number of carbonyl (C=O) groups is 2. The monoisotopic (exact) mass is 502 g/mol. The Morgan fingerprint density at radius 2 is 0.921 bits per heavy atom. The Kier molecular flexibility index (Phi) is 6.87. The Balaban J connectivity index is 1.63. The molecule has 0 aromatic heterocycles. The normalized spacial score (nSPS) is 10.5. The van der Waals surface area contributed by atoms with Crippen LogP contribution in [0.5, 0.6) is 11.5 Å². The van der Waals surface area contributed by atoms with Crippen molar-refractivity contribution in [1.82, 2.24) is 0 Å². The summed E-state index contributed by atoms with van der Waals surface area (Å²) in [7, 11) is 0. The summed E-state index contributed by atoms with van der Waals surface area (Å²) in [6.07, 6.45) is -2.73. The van der Waals surface area contributed by atoms with Crippen molar-refractivity contribution < 1.29 is 29.3 Å². The lowest BCUT2D eigenvalue weighted by atomic mass is 9.86. The fraction of sp³-hybridized carbons (Fsp3) is 0. The summed E-state index contributed by atoms with van der Waals surface area (Å²) in [4.78, 5) is 22.3. The van der Waals surface area contributed by atoms with Gasteiger partial charge < -0.3 is 19.7 Å². The van der Waals surface area contributed by atoms with Crippen LogP contribution < -0.4 is 9.47 Å². The minimum absolute atomic E-state index is 0.252. The molecular formula is C32H22O6. The lowest BCUT2D eigenvalue weighted by Gasteiger charge is -2.19. The number of benzene rings is 5. The Labute approximate surface area is 219 Å². The predicted molar refractivity (Wildman–Crippen MR) is 145 cm³/mol. The first-order chi connectivity index (χ1) is 18.5. The zero-order valence-corrected chi connectivity index (χ0v) is 20.1. The van der Waals surface area contributed by atoms with E-state index in [2.05, 4.69) is 4.74 Å². The van der Waals surface area contributed by atoms with Gasteiger partial charge in [0.15, 0.2) is 0 Å². The fourth-order valence-corrected chi connectivity index (χ4v) is 4.46. The van der Waals surface area contributed by atoms with Crippen LogP contribution in [0.25, 0.3) is 44.5 Å². The molecule has 0 heterocycles. The van der Waals surface area contributed by atoms with Crippen molar-refractivity contribution in [3.63, 3.8) is 0 Å². The summed E-state index contributed by atoms with van der Waals surface area (Å²) >= 11 is 0. The van der Waals surface area contributed by atoms with E-state index in [1.54, 1.807) is 30.3 Å². The van der Waals surface area contributed by atoms with Crippen molar-refractivity contribution in [2.75, 3.05) is 0 Å². The van der Waals surface area contributed by atoms with Gasteiger partial charge in [0.05, 0.1) is 0 Å². The standard InChI is InChI=1S/C32H22O6/c33-31(34)37-26-17-15-22(16-18-26)21-11-13-23(14-12-21)27-19-20-28(38-32(35)36)30(25-9-5-2-6-10-25)29(27)24-7-3-1-4-8-24/h1-20H,(H,33,34)(H,35,36). The van der Waals surface area contributed by atoms with Gasteiger partial charge in [0.1, 0.15) is 11.5 Å². The van der Waals surface area contributed by atoms with Gasteiger partial charge in [-0.1, -0.05) is 103 Å². The van der Waals surface area contributed by atoms with Crippen LogP contribution in [0.15, 0.2) is 121 Å². The molecule has 0 aliphatic carbocycles. The van der Waals surface area contributed by atoms with Crippen molar-refractivity contribution in [3.8, 4) is 56.0 Å². The molecule has 0 atom stereocenters. The highest BCUT2D eigenvalue weighted by atomic mass is 16.7. The first-order valence-electron chi connectivity index (χ1n) is 11.8. The molecule has 5 aromatic carbocycles. The van der Waals surface area contributed by atoms with E-state index in [0.717, 1.165) is 38.9 Å². The molecule has 0 spiro atoms. The highest BCUT2D eigenvalue weighted by Crippen LogP contribution is 2.45. The Bertz CT molecular complexity index is 1580. The summed E-state index contributed by atoms with van der Waals surface area (Å²) < 4.78 is 9.92. The number of carboxylic acid groups (broad SMARTS) is 2. The van der Waals surface area contributed by atoms with Crippen LogP contribution in [0.4, 0.5) is 9.59 Å². The van der Waals surface area contributed by atoms with Crippen molar-refractivity contribution in [3.05, 3.63) is 121 Å². The Morgan fingerprint density at radius 3 is 1.45 bits per heavy atom. The van der Waals surface area contributed by atoms with E-state index in [-0.39, 0.29) is 11.5 Å². The molecule has 5 rings (SSSR count). The number of hydrogen-bond acceptors (Lipinski definition) is 4. The molecule has 0 fully saturated rings. The topological polar surface area (TPSA) is 93.1 Å². The molecule has 186 valence electrons. The first-order valence-corrected chi connectivity index (χ1v) is 11.8. The van der Waals surface area contributed by atoms with Gasteiger partial charge >= 0.3 is 12.3 Å². The largest absolute Gasteiger partial charge is 0.511 e. The third-order valence-corrected chi connectivity index (χ3v) is 6.08. The first kappa shape index (κ1) is 24.3. The Morgan fingerprint density at radius 1 is 0.447 bits per heavy atom. The van der Waals surface area contributed by atoms with Crippen LogP contribution >= 0.6 is 0 Å². The summed E-state index contributed by atoms with van der Waals surface area (Å²) in [5.74, 6) is 0.508. The minimum Gasteiger partial charge on any atom is -0.449 e. The van der Waals surface area contributed by atoms with E-state index in [1.165, 1.54) is 0 Å². The Hall–Kier alpha value is -5.36. The summed E-state index contributed by atoms with van der Waals surface area (Å²) in [6, 6.07) is 37.8. The van der Waals surface area contributed by atoms with Crippen molar-refractivity contribution in [1.29, 1.82) is 0 Å². The quantitative estimate of drug-likeness (QED) is 0.179. The zero-order valence-electron chi connectivity index (χ0n) is 20.1. The maximum Gasteiger partial charge on any atom is 0.511 e. The average molecular weight is 503 g/mol. The second-order valence-electron chi connectivity index (χ2n) is 8.43. The van der Waals surface area contributed by atoms with Crippen molar-refractivity contribution in [2.45, 2.75) is 0 Å². The molecule has 5 aromatic rings. The van der Waals surface area contributed by atoms with Gasteiger partial charge in [-0.15, -0.1) is 0 Å². The molecule has 6 nitrogen and oxygen atoms in total. The lowest BCUT2D eigenvalue weighted by Crippen LogP contribution is -2.05. The van der Waals surface area contributed by atoms with Crippen molar-refractivity contribution >= 4 is 12.3 Å². The average Bonchev–Trinajstić information content (AvgIpc) is 2.94. The molecule has 0 saturated heterocycles. The van der Waals surface area contributed by atoms with Gasteiger partial charge in [-0.05, 0) is 51.6 Å². The second kappa shape index (κ2) is 10.7. The molecule has 0 unspecified atom stereocenters. The molecule has 0 amide bonds. The van der Waals surface area contributed by atoms with E-state index >= 15 is 0 Å². The third-order valence-electron chi connectivity index (χ3n) is 6.08. The molecule has 0 aliphatic heterocycles. The molecule has 6 heteroatoms. The maximum absolute atomic E-state index is 11.5. The molecule has 0 bridgehead atoms. The molecule has 0 radical (unpaired) electrons. The SMILES string of the molecule is O=C(O)Oc1ccc(-c2ccc(-c3ccc(OC(=O)O)c(-c4ccccc4)c3-c3ccccc3)cc2)cc1. The van der Waals surface area contributed by atoms with E-state index in [1.807, 2.05) is 91.0 Å². The van der Waals surface area contributed by atoms with Crippen molar-refractivity contribution in [2.24, 2.45) is 0 Å². The van der Waals surface area contributed by atoms with E-state index in [4.69, 9.17) is 9.84 Å². The molecule has 0 saturated carbocycles. The number of hydrogen-bond donors (Lipinski definition) is 2. The van der Waals surface area contributed by atoms with E-state index in [0.29, 0.717) is 5.56 Å². The molecule has 38 heavy (non-hydrogen) atoms. The second-order valence-corrected chi connectivity index (χ2v) is 8.43. The lowest BCUT2D eigenvalue weighted by molar-refractivity contribution is 0.143. The van der Waals surface area contributed by atoms with Crippen LogP contribution in [-0.4, -0.2) is 22.5 Å². The van der Waals surface area contributed by atoms with Gasteiger partial charge in [-0.25, -0.2) is 9.59 Å². The molecular weight excluding hydrogens is 480 g/mol. The van der Waals surface area contributed by atoms with Crippen LogP contribution in [0.3, 0.4) is 0 Å². The van der Waals surface area contributed by atoms with Gasteiger partial charge in [0.25, 0.3) is 0 Å². The molecule has 2 N–H and O–H groups in total. The van der Waals surface area contributed by atoms with Gasteiger partial charge in [-0.2, -0.15) is 0 Å². The van der Waals surface area contributed by atoms with Crippen LogP contribution in [0, 0.1) is 0 Å². The van der Waals surface area contributed by atoms with Gasteiger partial charge in [0.2, 0.25) is 0 Å². The predicted octanol–water partition coefficient (Wildman–Crippen LogP) is 8.47. The minimum atomic E-state index is -1.38. The number of rotatable bonds is 6. The summed E-state index contributed by atoms with van der Waals surface area (Å²) in [5.41, 5.74) is 7.04. The summed E-state index contributed by atoms with van der Waals surface area (Å²) in [6.45, 7) is 0. The van der Waals surface area contributed by atoms with Crippen LogP contribution in [0.1, 0.15) is 0 Å². The highest BCUT2D eigenvalue weighted by Gasteiger charge is 2.20. The molecule has 0 aliphatic rings. The fourth-order valence-electron chi connectivity index (χ4n) is 4.46.